The van der Waals surface area contributed by atoms with Gasteiger partial charge in [0.15, 0.2) is 24.6 Å². The van der Waals surface area contributed by atoms with Crippen LogP contribution >= 0.6 is 11.6 Å². The molecule has 29 heavy (non-hydrogen) atoms. The van der Waals surface area contributed by atoms with Crippen molar-refractivity contribution in [2.75, 3.05) is 31.7 Å². The number of aryl methyl sites for hydroxylation is 1. The highest BCUT2D eigenvalue weighted by Crippen LogP contribution is 2.32. The predicted octanol–water partition coefficient (Wildman–Crippen LogP) is 1.54. The van der Waals surface area contributed by atoms with Crippen molar-refractivity contribution >= 4 is 29.1 Å². The Hall–Kier alpha value is -2.77. The molecule has 0 aromatic heterocycles. The second-order valence-corrected chi connectivity index (χ2v) is 7.37. The number of benzene rings is 2. The van der Waals surface area contributed by atoms with E-state index in [9.17, 15) is 9.59 Å². The summed E-state index contributed by atoms with van der Waals surface area (Å²) in [5.41, 5.74) is 2.54. The molecule has 0 radical (unpaired) electrons. The number of carbonyl (C=O) groups excluding carboxylic acids is 2. The van der Waals surface area contributed by atoms with Crippen LogP contribution in [-0.4, -0.2) is 38.2 Å². The van der Waals surface area contributed by atoms with Gasteiger partial charge >= 0.3 is 0 Å². The average molecular weight is 419 g/mol. The Morgan fingerprint density at radius 2 is 1.83 bits per heavy atom. The molecule has 2 aromatic carbocycles. The molecule has 1 aliphatic heterocycles. The summed E-state index contributed by atoms with van der Waals surface area (Å²) < 4.78 is 10.6. The summed E-state index contributed by atoms with van der Waals surface area (Å²) in [6, 6.07) is 10.9. The highest BCUT2D eigenvalue weighted by Gasteiger charge is 2.18. The van der Waals surface area contributed by atoms with Crippen LogP contribution < -0.4 is 25.0 Å². The van der Waals surface area contributed by atoms with Gasteiger partial charge in [-0.1, -0.05) is 23.7 Å². The third-order valence-corrected chi connectivity index (χ3v) is 4.96. The van der Waals surface area contributed by atoms with Gasteiger partial charge in [-0.2, -0.15) is 0 Å². The van der Waals surface area contributed by atoms with E-state index < -0.39 is 0 Å². The van der Waals surface area contributed by atoms with E-state index >= 15 is 0 Å². The molecule has 3 rings (SSSR count). The number of amides is 2. The Bertz CT molecular complexity index is 903. The van der Waals surface area contributed by atoms with E-state index in [1.165, 1.54) is 0 Å². The van der Waals surface area contributed by atoms with Crippen LogP contribution in [0.25, 0.3) is 0 Å². The number of likely N-dealkylation sites (N-methyl/N-ethyl adjacent to an activating group) is 1. The fourth-order valence-electron chi connectivity index (χ4n) is 3.00. The second kappa shape index (κ2) is 9.62. The van der Waals surface area contributed by atoms with Crippen LogP contribution in [0.1, 0.15) is 18.1 Å². The van der Waals surface area contributed by atoms with E-state index in [0.717, 1.165) is 16.0 Å². The molecule has 2 aromatic rings. The number of anilines is 1. The minimum absolute atomic E-state index is 0.119. The predicted molar refractivity (Wildman–Crippen MR) is 110 cm³/mol. The molecule has 1 unspecified atom stereocenters. The van der Waals surface area contributed by atoms with Gasteiger partial charge in [0, 0.05) is 17.3 Å². The van der Waals surface area contributed by atoms with Crippen LogP contribution in [-0.2, 0) is 16.1 Å². The fourth-order valence-corrected chi connectivity index (χ4v) is 3.18. The van der Waals surface area contributed by atoms with Crippen molar-refractivity contribution in [3.05, 3.63) is 52.5 Å². The maximum atomic E-state index is 12.4. The monoisotopic (exact) mass is 418 g/mol. The van der Waals surface area contributed by atoms with Crippen LogP contribution in [0.4, 0.5) is 5.69 Å². The third kappa shape index (κ3) is 5.85. The SMILES string of the molecule is CC[NH+](CC(=O)NCc1ccc2c(c1)OCO2)CC(=O)Nc1cc(Cl)ccc1C. The van der Waals surface area contributed by atoms with E-state index in [4.69, 9.17) is 21.1 Å². The van der Waals surface area contributed by atoms with Crippen molar-refractivity contribution < 1.29 is 24.0 Å². The van der Waals surface area contributed by atoms with Crippen LogP contribution in [0.5, 0.6) is 11.5 Å². The van der Waals surface area contributed by atoms with Crippen LogP contribution in [0.3, 0.4) is 0 Å². The van der Waals surface area contributed by atoms with E-state index in [2.05, 4.69) is 10.6 Å². The van der Waals surface area contributed by atoms with Gasteiger partial charge in [-0.3, -0.25) is 9.59 Å². The Morgan fingerprint density at radius 3 is 2.62 bits per heavy atom. The van der Waals surface area contributed by atoms with E-state index in [1.54, 1.807) is 12.1 Å². The molecule has 3 N–H and O–H groups in total. The Kier molecular flexibility index (Phi) is 6.95. The first-order chi connectivity index (χ1) is 13.9. The first-order valence-electron chi connectivity index (χ1n) is 9.49. The molecule has 0 bridgehead atoms. The minimum atomic E-state index is -0.157. The number of hydrogen-bond acceptors (Lipinski definition) is 4. The van der Waals surface area contributed by atoms with Crippen LogP contribution in [0.2, 0.25) is 5.02 Å². The van der Waals surface area contributed by atoms with Crippen molar-refractivity contribution in [2.45, 2.75) is 20.4 Å². The maximum Gasteiger partial charge on any atom is 0.279 e. The Balaban J connectivity index is 1.47. The molecule has 0 aliphatic carbocycles. The van der Waals surface area contributed by atoms with Crippen molar-refractivity contribution in [2.24, 2.45) is 0 Å². The summed E-state index contributed by atoms with van der Waals surface area (Å²) in [4.78, 5) is 25.6. The lowest BCUT2D eigenvalue weighted by atomic mass is 10.2. The number of nitrogens with one attached hydrogen (secondary N) is 3. The molecule has 0 fully saturated rings. The fraction of sp³-hybridized carbons (Fsp3) is 0.333. The van der Waals surface area contributed by atoms with Crippen LogP contribution in [0.15, 0.2) is 36.4 Å². The van der Waals surface area contributed by atoms with E-state index in [1.807, 2.05) is 38.1 Å². The molecule has 1 atom stereocenters. The molecule has 2 amide bonds. The number of rotatable bonds is 8. The number of ether oxygens (including phenoxy) is 2. The summed E-state index contributed by atoms with van der Waals surface area (Å²) in [6.45, 7) is 5.51. The first-order valence-corrected chi connectivity index (χ1v) is 9.87. The van der Waals surface area contributed by atoms with Gasteiger partial charge in [0.1, 0.15) is 0 Å². The normalized spacial score (nSPS) is 13.1. The number of fused-ring (bicyclic) bond motifs is 1. The zero-order chi connectivity index (χ0) is 20.8. The summed E-state index contributed by atoms with van der Waals surface area (Å²) in [5, 5.41) is 6.32. The van der Waals surface area contributed by atoms with Gasteiger partial charge in [-0.25, -0.2) is 0 Å². The topological polar surface area (TPSA) is 81.1 Å². The van der Waals surface area contributed by atoms with Gasteiger partial charge in [0.25, 0.3) is 11.8 Å². The quantitative estimate of drug-likeness (QED) is 0.607. The lowest BCUT2D eigenvalue weighted by molar-refractivity contribution is -0.881. The molecule has 154 valence electrons. The zero-order valence-corrected chi connectivity index (χ0v) is 17.3. The largest absolute Gasteiger partial charge is 0.454 e. The Labute approximate surface area is 174 Å². The highest BCUT2D eigenvalue weighted by molar-refractivity contribution is 6.31. The Morgan fingerprint density at radius 1 is 1.07 bits per heavy atom. The lowest BCUT2D eigenvalue weighted by Gasteiger charge is -2.17. The second-order valence-electron chi connectivity index (χ2n) is 6.93. The van der Waals surface area contributed by atoms with Crippen molar-refractivity contribution in [1.82, 2.24) is 5.32 Å². The van der Waals surface area contributed by atoms with Gasteiger partial charge in [-0.05, 0) is 49.2 Å². The van der Waals surface area contributed by atoms with E-state index in [-0.39, 0.29) is 31.7 Å². The number of quaternary nitrogens is 1. The maximum absolute atomic E-state index is 12.4. The molecule has 1 aliphatic rings. The van der Waals surface area contributed by atoms with Crippen molar-refractivity contribution in [3.63, 3.8) is 0 Å². The van der Waals surface area contributed by atoms with Crippen LogP contribution in [0, 0.1) is 6.92 Å². The smallest absolute Gasteiger partial charge is 0.279 e. The first kappa shape index (κ1) is 21.0. The van der Waals surface area contributed by atoms with Crippen molar-refractivity contribution in [1.29, 1.82) is 0 Å². The van der Waals surface area contributed by atoms with Gasteiger partial charge in [0.05, 0.1) is 6.54 Å². The molecule has 1 heterocycles. The molecule has 0 saturated carbocycles. The molecule has 0 saturated heterocycles. The molecular formula is C21H25ClN3O4+. The molecular weight excluding hydrogens is 394 g/mol. The molecule has 7 nitrogen and oxygen atoms in total. The number of hydrogen-bond donors (Lipinski definition) is 3. The van der Waals surface area contributed by atoms with Crippen molar-refractivity contribution in [3.8, 4) is 11.5 Å². The minimum Gasteiger partial charge on any atom is -0.454 e. The summed E-state index contributed by atoms with van der Waals surface area (Å²) in [7, 11) is 0. The summed E-state index contributed by atoms with van der Waals surface area (Å²) in [5.74, 6) is 1.12. The van der Waals surface area contributed by atoms with E-state index in [0.29, 0.717) is 35.3 Å². The summed E-state index contributed by atoms with van der Waals surface area (Å²) >= 11 is 5.99. The highest BCUT2D eigenvalue weighted by atomic mass is 35.5. The zero-order valence-electron chi connectivity index (χ0n) is 16.5. The molecule has 0 spiro atoms. The average Bonchev–Trinajstić information content (AvgIpc) is 3.16. The standard InChI is InChI=1S/C21H24ClN3O4/c1-3-25(12-21(27)24-17-9-16(22)6-4-14(17)2)11-20(26)23-10-15-5-7-18-19(8-15)29-13-28-18/h4-9H,3,10-13H2,1-2H3,(H,23,26)(H,24,27)/p+1. The van der Waals surface area contributed by atoms with Gasteiger partial charge < -0.3 is 25.0 Å². The lowest BCUT2D eigenvalue weighted by Crippen LogP contribution is -3.14. The van der Waals surface area contributed by atoms with Gasteiger partial charge in [-0.15, -0.1) is 0 Å². The third-order valence-electron chi connectivity index (χ3n) is 4.72. The van der Waals surface area contributed by atoms with Gasteiger partial charge in [0.2, 0.25) is 6.79 Å². The molecule has 8 heteroatoms. The number of carbonyl (C=O) groups is 2. The number of halogens is 1. The summed E-state index contributed by atoms with van der Waals surface area (Å²) in [6.07, 6.45) is 0.